The van der Waals surface area contributed by atoms with E-state index < -0.39 is 0 Å². The van der Waals surface area contributed by atoms with Gasteiger partial charge in [-0.05, 0) is 12.8 Å². The molecule has 0 aliphatic heterocycles. The molecule has 1 rings (SSSR count). The summed E-state index contributed by atoms with van der Waals surface area (Å²) in [6, 6.07) is -0.264. The number of hydrogen-bond acceptors (Lipinski definition) is 2. The van der Waals surface area contributed by atoms with E-state index in [9.17, 15) is 9.90 Å². The number of amides is 2. The Balaban J connectivity index is 2.33. The highest BCUT2D eigenvalue weighted by Crippen LogP contribution is 2.17. The molecule has 1 aliphatic rings. The van der Waals surface area contributed by atoms with Gasteiger partial charge < -0.3 is 15.7 Å². The normalized spacial score (nSPS) is 29.5. The Morgan fingerprint density at radius 3 is 2.67 bits per heavy atom. The lowest BCUT2D eigenvalue weighted by atomic mass is 9.93. The molecular weight excluding hydrogens is 156 g/mol. The van der Waals surface area contributed by atoms with E-state index in [1.807, 2.05) is 0 Å². The van der Waals surface area contributed by atoms with Gasteiger partial charge in [0.25, 0.3) is 0 Å². The number of carbonyl (C=O) groups is 1. The molecule has 0 spiro atoms. The molecule has 0 radical (unpaired) electrons. The molecule has 0 aromatic carbocycles. The Kier molecular flexibility index (Phi) is 3.34. The molecule has 0 bridgehead atoms. The minimum absolute atomic E-state index is 0.0568. The van der Waals surface area contributed by atoms with Gasteiger partial charge in [-0.3, -0.25) is 0 Å². The highest BCUT2D eigenvalue weighted by atomic mass is 16.3. The molecule has 0 aromatic rings. The van der Waals surface area contributed by atoms with E-state index in [1.54, 1.807) is 7.05 Å². The Morgan fingerprint density at radius 2 is 2.08 bits per heavy atom. The maximum atomic E-state index is 10.9. The summed E-state index contributed by atoms with van der Waals surface area (Å²) >= 11 is 0. The summed E-state index contributed by atoms with van der Waals surface area (Å²) in [5, 5.41) is 14.7. The summed E-state index contributed by atoms with van der Waals surface area (Å²) in [7, 11) is 1.57. The van der Waals surface area contributed by atoms with E-state index in [4.69, 9.17) is 0 Å². The molecule has 2 atom stereocenters. The second kappa shape index (κ2) is 4.30. The van der Waals surface area contributed by atoms with Crippen LogP contribution in [-0.2, 0) is 0 Å². The zero-order valence-electron chi connectivity index (χ0n) is 7.34. The van der Waals surface area contributed by atoms with Crippen molar-refractivity contribution >= 4 is 6.03 Å². The lowest BCUT2D eigenvalue weighted by molar-refractivity contribution is 0.0945. The minimum atomic E-state index is -0.365. The van der Waals surface area contributed by atoms with Gasteiger partial charge in [-0.2, -0.15) is 0 Å². The monoisotopic (exact) mass is 172 g/mol. The highest BCUT2D eigenvalue weighted by molar-refractivity contribution is 5.73. The molecule has 70 valence electrons. The van der Waals surface area contributed by atoms with Gasteiger partial charge in [0.15, 0.2) is 0 Å². The zero-order valence-corrected chi connectivity index (χ0v) is 7.34. The minimum Gasteiger partial charge on any atom is -0.391 e. The Hall–Kier alpha value is -0.770. The maximum absolute atomic E-state index is 10.9. The number of urea groups is 1. The zero-order chi connectivity index (χ0) is 8.97. The van der Waals surface area contributed by atoms with Crippen molar-refractivity contribution in [2.24, 2.45) is 0 Å². The maximum Gasteiger partial charge on any atom is 0.314 e. The van der Waals surface area contributed by atoms with Crippen LogP contribution in [0.3, 0.4) is 0 Å². The van der Waals surface area contributed by atoms with Crippen LogP contribution in [0.5, 0.6) is 0 Å². The van der Waals surface area contributed by atoms with Crippen molar-refractivity contribution in [2.45, 2.75) is 37.8 Å². The lowest BCUT2D eigenvalue weighted by Gasteiger charge is -2.27. The van der Waals surface area contributed by atoms with E-state index in [0.29, 0.717) is 0 Å². The third-order valence-corrected chi connectivity index (χ3v) is 2.27. The van der Waals surface area contributed by atoms with Gasteiger partial charge in [0, 0.05) is 7.05 Å². The molecule has 2 unspecified atom stereocenters. The van der Waals surface area contributed by atoms with Crippen LogP contribution in [0.1, 0.15) is 25.7 Å². The van der Waals surface area contributed by atoms with Crippen molar-refractivity contribution in [3.8, 4) is 0 Å². The highest BCUT2D eigenvalue weighted by Gasteiger charge is 2.23. The fourth-order valence-corrected chi connectivity index (χ4v) is 1.52. The van der Waals surface area contributed by atoms with Crippen LogP contribution in [0, 0.1) is 0 Å². The van der Waals surface area contributed by atoms with Crippen molar-refractivity contribution in [2.75, 3.05) is 7.05 Å². The summed E-state index contributed by atoms with van der Waals surface area (Å²) < 4.78 is 0. The lowest BCUT2D eigenvalue weighted by Crippen LogP contribution is -2.48. The van der Waals surface area contributed by atoms with Gasteiger partial charge in [-0.15, -0.1) is 0 Å². The molecule has 12 heavy (non-hydrogen) atoms. The van der Waals surface area contributed by atoms with Crippen LogP contribution in [0.2, 0.25) is 0 Å². The third-order valence-electron chi connectivity index (χ3n) is 2.27. The predicted molar refractivity (Wildman–Crippen MR) is 45.9 cm³/mol. The molecule has 2 amide bonds. The van der Waals surface area contributed by atoms with E-state index in [-0.39, 0.29) is 18.2 Å². The summed E-state index contributed by atoms with van der Waals surface area (Å²) in [6.45, 7) is 0. The largest absolute Gasteiger partial charge is 0.391 e. The number of rotatable bonds is 1. The first kappa shape index (κ1) is 9.32. The molecule has 1 saturated carbocycles. The summed E-state index contributed by atoms with van der Waals surface area (Å²) in [5.74, 6) is 0. The predicted octanol–water partition coefficient (Wildman–Crippen LogP) is 0.219. The standard InChI is InChI=1S/C8H16N2O2/c1-9-8(12)10-6-4-2-3-5-7(6)11/h6-7,11H,2-5H2,1H3,(H2,9,10,12). The fraction of sp³-hybridized carbons (Fsp3) is 0.875. The topological polar surface area (TPSA) is 61.4 Å². The molecule has 4 nitrogen and oxygen atoms in total. The molecule has 0 aromatic heterocycles. The SMILES string of the molecule is CNC(=O)NC1CCCCC1O. The second-order valence-electron chi connectivity index (χ2n) is 3.18. The van der Waals surface area contributed by atoms with Gasteiger partial charge in [-0.1, -0.05) is 12.8 Å². The second-order valence-corrected chi connectivity index (χ2v) is 3.18. The number of carbonyl (C=O) groups excluding carboxylic acids is 1. The average Bonchev–Trinajstić information content (AvgIpc) is 2.09. The number of aliphatic hydroxyl groups is 1. The number of hydrogen-bond donors (Lipinski definition) is 3. The first-order chi connectivity index (χ1) is 5.74. The smallest absolute Gasteiger partial charge is 0.314 e. The summed E-state index contributed by atoms with van der Waals surface area (Å²) in [4.78, 5) is 10.9. The Morgan fingerprint density at radius 1 is 1.42 bits per heavy atom. The summed E-state index contributed by atoms with van der Waals surface area (Å²) in [6.07, 6.45) is 3.47. The van der Waals surface area contributed by atoms with Crippen LogP contribution < -0.4 is 10.6 Å². The van der Waals surface area contributed by atoms with Gasteiger partial charge in [-0.25, -0.2) is 4.79 Å². The molecule has 1 fully saturated rings. The molecule has 4 heteroatoms. The van der Waals surface area contributed by atoms with Crippen LogP contribution in [0.4, 0.5) is 4.79 Å². The van der Waals surface area contributed by atoms with Crippen molar-refractivity contribution in [1.82, 2.24) is 10.6 Å². The Labute approximate surface area is 72.3 Å². The van der Waals surface area contributed by atoms with E-state index in [0.717, 1.165) is 25.7 Å². The van der Waals surface area contributed by atoms with Crippen molar-refractivity contribution in [3.05, 3.63) is 0 Å². The van der Waals surface area contributed by atoms with Gasteiger partial charge in [0.05, 0.1) is 12.1 Å². The third kappa shape index (κ3) is 2.37. The van der Waals surface area contributed by atoms with E-state index >= 15 is 0 Å². The van der Waals surface area contributed by atoms with Crippen LogP contribution >= 0.6 is 0 Å². The number of aliphatic hydroxyl groups excluding tert-OH is 1. The molecule has 3 N–H and O–H groups in total. The van der Waals surface area contributed by atoms with Gasteiger partial charge >= 0.3 is 6.03 Å². The van der Waals surface area contributed by atoms with Crippen LogP contribution in [0.15, 0.2) is 0 Å². The van der Waals surface area contributed by atoms with Crippen molar-refractivity contribution in [1.29, 1.82) is 0 Å². The molecule has 0 saturated heterocycles. The van der Waals surface area contributed by atoms with Gasteiger partial charge in [0.1, 0.15) is 0 Å². The van der Waals surface area contributed by atoms with Crippen molar-refractivity contribution < 1.29 is 9.90 Å². The summed E-state index contributed by atoms with van der Waals surface area (Å²) in [5.41, 5.74) is 0. The fourth-order valence-electron chi connectivity index (χ4n) is 1.52. The molecule has 0 heterocycles. The van der Waals surface area contributed by atoms with Crippen LogP contribution in [0.25, 0.3) is 0 Å². The Bertz CT molecular complexity index is 161. The number of nitrogens with one attached hydrogen (secondary N) is 2. The first-order valence-electron chi connectivity index (χ1n) is 4.40. The van der Waals surface area contributed by atoms with Gasteiger partial charge in [0.2, 0.25) is 0 Å². The molecule has 1 aliphatic carbocycles. The average molecular weight is 172 g/mol. The van der Waals surface area contributed by atoms with Crippen molar-refractivity contribution in [3.63, 3.8) is 0 Å². The van der Waals surface area contributed by atoms with E-state index in [2.05, 4.69) is 10.6 Å². The quantitative estimate of drug-likeness (QED) is 0.530. The van der Waals surface area contributed by atoms with Crippen LogP contribution in [-0.4, -0.2) is 30.3 Å². The first-order valence-corrected chi connectivity index (χ1v) is 4.40. The van der Waals surface area contributed by atoms with E-state index in [1.165, 1.54) is 0 Å². The molecular formula is C8H16N2O2.